The smallest absolute Gasteiger partial charge is 0.270 e. The second-order valence-electron chi connectivity index (χ2n) is 7.07. The molecule has 3 rings (SSSR count). The lowest BCUT2D eigenvalue weighted by molar-refractivity contribution is -0.0507. The van der Waals surface area contributed by atoms with Crippen LogP contribution in [0.4, 0.5) is 0 Å². The maximum absolute atomic E-state index is 12.2. The Bertz CT molecular complexity index is 759. The van der Waals surface area contributed by atoms with E-state index in [9.17, 15) is 9.90 Å². The highest BCUT2D eigenvalue weighted by atomic mass is 16.5. The average Bonchev–Trinajstić information content (AvgIpc) is 2.44. The molecule has 0 aliphatic heterocycles. The molecule has 0 aromatic carbocycles. The maximum atomic E-state index is 12.2. The predicted molar refractivity (Wildman–Crippen MR) is 87.6 cm³/mol. The molecule has 0 saturated heterocycles. The molecular weight excluding hydrogens is 294 g/mol. The lowest BCUT2D eigenvalue weighted by Crippen LogP contribution is -2.45. The van der Waals surface area contributed by atoms with E-state index in [0.717, 1.165) is 6.42 Å². The Morgan fingerprint density at radius 2 is 2.13 bits per heavy atom. The summed E-state index contributed by atoms with van der Waals surface area (Å²) in [6.45, 7) is 6.72. The van der Waals surface area contributed by atoms with Crippen LogP contribution in [-0.2, 0) is 0 Å². The molecule has 0 bridgehead atoms. The highest BCUT2D eigenvalue weighted by Gasteiger charge is 2.40. The van der Waals surface area contributed by atoms with Crippen LogP contribution in [0, 0.1) is 5.92 Å². The Morgan fingerprint density at radius 3 is 2.78 bits per heavy atom. The molecule has 1 N–H and O–H groups in total. The standard InChI is InChI=1S/C17H23N3O3/c1-11(2)4-5-23-13-6-14-16(19-9-13)20(15(21)10-18-14)12-7-17(3,22)8-12/h6,9-12,22H,4-5,7-8H2,1-3H3/t12-,17-. The molecule has 1 saturated carbocycles. The van der Waals surface area contributed by atoms with Crippen molar-refractivity contribution in [3.63, 3.8) is 0 Å². The number of hydrogen-bond acceptors (Lipinski definition) is 5. The fourth-order valence-corrected chi connectivity index (χ4v) is 2.98. The number of hydrogen-bond donors (Lipinski definition) is 1. The summed E-state index contributed by atoms with van der Waals surface area (Å²) < 4.78 is 7.34. The second-order valence-corrected chi connectivity index (χ2v) is 7.07. The summed E-state index contributed by atoms with van der Waals surface area (Å²) in [4.78, 5) is 20.7. The zero-order valence-electron chi connectivity index (χ0n) is 13.8. The summed E-state index contributed by atoms with van der Waals surface area (Å²) in [5.74, 6) is 1.24. The van der Waals surface area contributed by atoms with Gasteiger partial charge in [-0.1, -0.05) is 13.8 Å². The minimum atomic E-state index is -0.695. The Morgan fingerprint density at radius 1 is 1.39 bits per heavy atom. The van der Waals surface area contributed by atoms with Crippen molar-refractivity contribution in [2.24, 2.45) is 5.92 Å². The first-order valence-electron chi connectivity index (χ1n) is 8.08. The van der Waals surface area contributed by atoms with E-state index in [4.69, 9.17) is 4.74 Å². The van der Waals surface area contributed by atoms with E-state index in [2.05, 4.69) is 23.8 Å². The highest BCUT2D eigenvalue weighted by Crippen LogP contribution is 2.41. The molecule has 0 radical (unpaired) electrons. The van der Waals surface area contributed by atoms with Gasteiger partial charge in [0, 0.05) is 12.1 Å². The van der Waals surface area contributed by atoms with Gasteiger partial charge < -0.3 is 9.84 Å². The van der Waals surface area contributed by atoms with E-state index in [1.165, 1.54) is 6.20 Å². The SMILES string of the molecule is CC(C)CCOc1cnc2c(c1)ncc(=O)n2[C@H]1C[C@](C)(O)C1. The van der Waals surface area contributed by atoms with Crippen molar-refractivity contribution < 1.29 is 9.84 Å². The normalized spacial score (nSPS) is 24.0. The van der Waals surface area contributed by atoms with Crippen LogP contribution in [0.25, 0.3) is 11.2 Å². The summed E-state index contributed by atoms with van der Waals surface area (Å²) >= 11 is 0. The molecule has 0 unspecified atom stereocenters. The highest BCUT2D eigenvalue weighted by molar-refractivity contribution is 5.71. The zero-order chi connectivity index (χ0) is 16.6. The Balaban J connectivity index is 1.87. The molecule has 2 aromatic rings. The third-order valence-electron chi connectivity index (χ3n) is 4.28. The second kappa shape index (κ2) is 5.92. The van der Waals surface area contributed by atoms with Crippen LogP contribution < -0.4 is 10.3 Å². The van der Waals surface area contributed by atoms with Crippen molar-refractivity contribution in [3.8, 4) is 5.75 Å². The number of fused-ring (bicyclic) bond motifs is 1. The van der Waals surface area contributed by atoms with Gasteiger partial charge in [0.25, 0.3) is 5.56 Å². The van der Waals surface area contributed by atoms with Gasteiger partial charge in [0.15, 0.2) is 5.65 Å². The van der Waals surface area contributed by atoms with Crippen molar-refractivity contribution in [1.29, 1.82) is 0 Å². The van der Waals surface area contributed by atoms with Crippen LogP contribution in [0.3, 0.4) is 0 Å². The number of rotatable bonds is 5. The molecule has 23 heavy (non-hydrogen) atoms. The first kappa shape index (κ1) is 15.9. The number of aliphatic hydroxyl groups is 1. The molecule has 6 nitrogen and oxygen atoms in total. The van der Waals surface area contributed by atoms with Crippen LogP contribution in [0.15, 0.2) is 23.3 Å². The number of ether oxygens (including phenoxy) is 1. The van der Waals surface area contributed by atoms with E-state index < -0.39 is 5.60 Å². The Labute approximate surface area is 135 Å². The fraction of sp³-hybridized carbons (Fsp3) is 0.588. The van der Waals surface area contributed by atoms with Gasteiger partial charge in [0.05, 0.1) is 24.6 Å². The van der Waals surface area contributed by atoms with Crippen LogP contribution >= 0.6 is 0 Å². The van der Waals surface area contributed by atoms with E-state index in [1.807, 2.05) is 6.07 Å². The Kier molecular flexibility index (Phi) is 4.10. The van der Waals surface area contributed by atoms with Gasteiger partial charge >= 0.3 is 0 Å². The lowest BCUT2D eigenvalue weighted by atomic mass is 9.77. The maximum Gasteiger partial charge on any atom is 0.270 e. The van der Waals surface area contributed by atoms with Crippen LogP contribution in [0.5, 0.6) is 5.75 Å². The summed E-state index contributed by atoms with van der Waals surface area (Å²) in [5, 5.41) is 9.92. The van der Waals surface area contributed by atoms with E-state index in [1.54, 1.807) is 17.7 Å². The molecule has 1 fully saturated rings. The first-order valence-corrected chi connectivity index (χ1v) is 8.08. The molecule has 0 atom stereocenters. The van der Waals surface area contributed by atoms with Crippen molar-refractivity contribution in [2.75, 3.05) is 6.61 Å². The van der Waals surface area contributed by atoms with Gasteiger partial charge in [0.2, 0.25) is 0 Å². The molecule has 2 aromatic heterocycles. The summed E-state index contributed by atoms with van der Waals surface area (Å²) in [6, 6.07) is 1.79. The van der Waals surface area contributed by atoms with Crippen molar-refractivity contribution in [1.82, 2.24) is 14.5 Å². The number of aromatic nitrogens is 3. The molecular formula is C17H23N3O3. The number of pyridine rings is 1. The van der Waals surface area contributed by atoms with Crippen molar-refractivity contribution in [3.05, 3.63) is 28.8 Å². The topological polar surface area (TPSA) is 77.2 Å². The largest absolute Gasteiger partial charge is 0.492 e. The minimum absolute atomic E-state index is 0.0248. The number of nitrogens with zero attached hydrogens (tertiary/aromatic N) is 3. The van der Waals surface area contributed by atoms with Gasteiger partial charge in [0.1, 0.15) is 11.3 Å². The van der Waals surface area contributed by atoms with Gasteiger partial charge in [-0.2, -0.15) is 0 Å². The van der Waals surface area contributed by atoms with Gasteiger partial charge in [-0.15, -0.1) is 0 Å². The van der Waals surface area contributed by atoms with E-state index in [-0.39, 0.29) is 11.6 Å². The molecule has 0 amide bonds. The molecule has 124 valence electrons. The van der Waals surface area contributed by atoms with Crippen molar-refractivity contribution in [2.45, 2.75) is 51.7 Å². The zero-order valence-corrected chi connectivity index (χ0v) is 13.8. The summed E-state index contributed by atoms with van der Waals surface area (Å²) in [5.41, 5.74) is 0.311. The third-order valence-corrected chi connectivity index (χ3v) is 4.28. The quantitative estimate of drug-likeness (QED) is 0.915. The monoisotopic (exact) mass is 317 g/mol. The van der Waals surface area contributed by atoms with E-state index >= 15 is 0 Å². The molecule has 1 aliphatic rings. The van der Waals surface area contributed by atoms with Gasteiger partial charge in [-0.05, 0) is 32.1 Å². The summed E-state index contributed by atoms with van der Waals surface area (Å²) in [6.07, 6.45) is 5.04. The Hall–Kier alpha value is -1.95. The molecule has 2 heterocycles. The minimum Gasteiger partial charge on any atom is -0.492 e. The lowest BCUT2D eigenvalue weighted by Gasteiger charge is -2.41. The van der Waals surface area contributed by atoms with Crippen LogP contribution in [0.2, 0.25) is 0 Å². The van der Waals surface area contributed by atoms with Gasteiger partial charge in [-0.25, -0.2) is 9.97 Å². The van der Waals surface area contributed by atoms with Crippen LogP contribution in [0.1, 0.15) is 46.1 Å². The average molecular weight is 317 g/mol. The third kappa shape index (κ3) is 3.37. The van der Waals surface area contributed by atoms with Gasteiger partial charge in [-0.3, -0.25) is 9.36 Å². The molecule has 0 spiro atoms. The molecule has 6 heteroatoms. The summed E-state index contributed by atoms with van der Waals surface area (Å²) in [7, 11) is 0. The van der Waals surface area contributed by atoms with Crippen molar-refractivity contribution >= 4 is 11.2 Å². The predicted octanol–water partition coefficient (Wildman–Crippen LogP) is 2.30. The van der Waals surface area contributed by atoms with Crippen LogP contribution in [-0.4, -0.2) is 31.8 Å². The first-order chi connectivity index (χ1) is 10.9. The van der Waals surface area contributed by atoms with E-state index in [0.29, 0.717) is 42.3 Å². The fourth-order valence-electron chi connectivity index (χ4n) is 2.98. The molecule has 1 aliphatic carbocycles.